The zero-order chi connectivity index (χ0) is 12.4. The SMILES string of the molecule is Cc1ccc(C(=O)N2CCCC(Cl)C2)cc1F. The van der Waals surface area contributed by atoms with Gasteiger partial charge < -0.3 is 4.90 Å². The van der Waals surface area contributed by atoms with Crippen LogP contribution < -0.4 is 0 Å². The summed E-state index contributed by atoms with van der Waals surface area (Å²) >= 11 is 6.03. The molecule has 1 aromatic rings. The molecule has 1 fully saturated rings. The van der Waals surface area contributed by atoms with Crippen LogP contribution in [0.25, 0.3) is 0 Å². The fourth-order valence-corrected chi connectivity index (χ4v) is 2.34. The number of piperidine rings is 1. The van der Waals surface area contributed by atoms with E-state index < -0.39 is 0 Å². The number of nitrogens with zero attached hydrogens (tertiary/aromatic N) is 1. The van der Waals surface area contributed by atoms with Gasteiger partial charge in [0.25, 0.3) is 5.91 Å². The van der Waals surface area contributed by atoms with Crippen molar-refractivity contribution in [2.45, 2.75) is 25.1 Å². The van der Waals surface area contributed by atoms with Crippen LogP contribution in [0.1, 0.15) is 28.8 Å². The second kappa shape index (κ2) is 5.05. The van der Waals surface area contributed by atoms with E-state index in [-0.39, 0.29) is 17.1 Å². The van der Waals surface area contributed by atoms with Crippen molar-refractivity contribution in [3.8, 4) is 0 Å². The number of rotatable bonds is 1. The number of alkyl halides is 1. The monoisotopic (exact) mass is 255 g/mol. The highest BCUT2D eigenvalue weighted by molar-refractivity contribution is 6.21. The number of carbonyl (C=O) groups excluding carboxylic acids is 1. The third-order valence-corrected chi connectivity index (χ3v) is 3.43. The van der Waals surface area contributed by atoms with Crippen LogP contribution in [0.3, 0.4) is 0 Å². The van der Waals surface area contributed by atoms with Crippen LogP contribution in [-0.2, 0) is 0 Å². The maximum absolute atomic E-state index is 13.4. The molecule has 1 atom stereocenters. The summed E-state index contributed by atoms with van der Waals surface area (Å²) in [5.74, 6) is -0.468. The van der Waals surface area contributed by atoms with Crippen LogP contribution in [0.4, 0.5) is 4.39 Å². The normalized spacial score (nSPS) is 20.4. The predicted octanol–water partition coefficient (Wildman–Crippen LogP) is 2.98. The van der Waals surface area contributed by atoms with E-state index in [0.29, 0.717) is 24.2 Å². The van der Waals surface area contributed by atoms with Gasteiger partial charge in [0.1, 0.15) is 5.82 Å². The predicted molar refractivity (Wildman–Crippen MR) is 65.9 cm³/mol. The lowest BCUT2D eigenvalue weighted by molar-refractivity contribution is 0.0726. The van der Waals surface area contributed by atoms with Crippen LogP contribution in [0.15, 0.2) is 18.2 Å². The Morgan fingerprint density at radius 1 is 1.53 bits per heavy atom. The standard InChI is InChI=1S/C13H15ClFNO/c1-9-4-5-10(7-12(9)15)13(17)16-6-2-3-11(14)8-16/h4-5,7,11H,2-3,6,8H2,1H3. The highest BCUT2D eigenvalue weighted by atomic mass is 35.5. The van der Waals surface area contributed by atoms with Crippen LogP contribution in [0.5, 0.6) is 0 Å². The van der Waals surface area contributed by atoms with Crippen molar-refractivity contribution in [3.63, 3.8) is 0 Å². The molecular weight excluding hydrogens is 241 g/mol. The zero-order valence-electron chi connectivity index (χ0n) is 9.75. The Balaban J connectivity index is 2.15. The van der Waals surface area contributed by atoms with Gasteiger partial charge in [0.2, 0.25) is 0 Å². The minimum atomic E-state index is -0.338. The van der Waals surface area contributed by atoms with Gasteiger partial charge in [-0.3, -0.25) is 4.79 Å². The molecule has 1 heterocycles. The zero-order valence-corrected chi connectivity index (χ0v) is 10.5. The third-order valence-electron chi connectivity index (χ3n) is 3.07. The van der Waals surface area contributed by atoms with Gasteiger partial charge in [-0.2, -0.15) is 0 Å². The summed E-state index contributed by atoms with van der Waals surface area (Å²) in [5.41, 5.74) is 0.953. The maximum atomic E-state index is 13.4. The van der Waals surface area contributed by atoms with E-state index >= 15 is 0 Å². The van der Waals surface area contributed by atoms with Crippen molar-refractivity contribution in [2.75, 3.05) is 13.1 Å². The molecule has 92 valence electrons. The van der Waals surface area contributed by atoms with Crippen molar-refractivity contribution in [2.24, 2.45) is 0 Å². The van der Waals surface area contributed by atoms with Crippen LogP contribution in [0, 0.1) is 12.7 Å². The summed E-state index contributed by atoms with van der Waals surface area (Å²) in [5, 5.41) is 0.0167. The van der Waals surface area contributed by atoms with Gasteiger partial charge in [0, 0.05) is 18.7 Å². The van der Waals surface area contributed by atoms with E-state index in [4.69, 9.17) is 11.6 Å². The number of carbonyl (C=O) groups is 1. The summed E-state index contributed by atoms with van der Waals surface area (Å²) in [7, 11) is 0. The minimum Gasteiger partial charge on any atom is -0.337 e. The van der Waals surface area contributed by atoms with Gasteiger partial charge >= 0.3 is 0 Å². The van der Waals surface area contributed by atoms with Crippen molar-refractivity contribution in [1.29, 1.82) is 0 Å². The molecule has 0 N–H and O–H groups in total. The molecular formula is C13H15ClFNO. The molecule has 0 bridgehead atoms. The first-order valence-corrected chi connectivity index (χ1v) is 6.21. The molecule has 1 unspecified atom stereocenters. The second-order valence-corrected chi connectivity index (χ2v) is 5.07. The van der Waals surface area contributed by atoms with Crippen LogP contribution in [-0.4, -0.2) is 29.3 Å². The fraction of sp³-hybridized carbons (Fsp3) is 0.462. The molecule has 17 heavy (non-hydrogen) atoms. The van der Waals surface area contributed by atoms with E-state index in [2.05, 4.69) is 0 Å². The first-order valence-electron chi connectivity index (χ1n) is 5.77. The summed E-state index contributed by atoms with van der Waals surface area (Å²) in [6.07, 6.45) is 1.85. The lowest BCUT2D eigenvalue weighted by atomic mass is 10.1. The average molecular weight is 256 g/mol. The largest absolute Gasteiger partial charge is 0.337 e. The van der Waals surface area contributed by atoms with E-state index in [9.17, 15) is 9.18 Å². The Hall–Kier alpha value is -1.09. The molecule has 0 aliphatic carbocycles. The number of hydrogen-bond donors (Lipinski definition) is 0. The third kappa shape index (κ3) is 2.78. The van der Waals surface area contributed by atoms with E-state index in [0.717, 1.165) is 12.8 Å². The minimum absolute atomic E-state index is 0.0167. The first kappa shape index (κ1) is 12.4. The number of halogens is 2. The van der Waals surface area contributed by atoms with Crippen molar-refractivity contribution in [3.05, 3.63) is 35.1 Å². The number of likely N-dealkylation sites (tertiary alicyclic amines) is 1. The summed E-state index contributed by atoms with van der Waals surface area (Å²) in [6.45, 7) is 2.94. The van der Waals surface area contributed by atoms with Gasteiger partial charge in [0.15, 0.2) is 0 Å². The molecule has 1 aliphatic rings. The van der Waals surface area contributed by atoms with Gasteiger partial charge in [-0.15, -0.1) is 11.6 Å². The van der Waals surface area contributed by atoms with Crippen LogP contribution >= 0.6 is 11.6 Å². The summed E-state index contributed by atoms with van der Waals surface area (Å²) < 4.78 is 13.4. The van der Waals surface area contributed by atoms with Crippen molar-refractivity contribution in [1.82, 2.24) is 4.90 Å². The molecule has 2 nitrogen and oxygen atoms in total. The lowest BCUT2D eigenvalue weighted by Crippen LogP contribution is -2.40. The molecule has 1 saturated heterocycles. The van der Waals surface area contributed by atoms with Crippen molar-refractivity contribution < 1.29 is 9.18 Å². The maximum Gasteiger partial charge on any atom is 0.254 e. The van der Waals surface area contributed by atoms with Crippen LogP contribution in [0.2, 0.25) is 0 Å². The highest BCUT2D eigenvalue weighted by Gasteiger charge is 2.23. The summed E-state index contributed by atoms with van der Waals surface area (Å²) in [6, 6.07) is 4.60. The number of hydrogen-bond acceptors (Lipinski definition) is 1. The lowest BCUT2D eigenvalue weighted by Gasteiger charge is -2.29. The van der Waals surface area contributed by atoms with Crippen molar-refractivity contribution >= 4 is 17.5 Å². The van der Waals surface area contributed by atoms with Gasteiger partial charge in [0.05, 0.1) is 5.38 Å². The molecule has 1 aromatic carbocycles. The molecule has 0 aromatic heterocycles. The molecule has 0 radical (unpaired) electrons. The molecule has 0 saturated carbocycles. The van der Waals surface area contributed by atoms with Gasteiger partial charge in [-0.05, 0) is 37.5 Å². The number of amides is 1. The van der Waals surface area contributed by atoms with E-state index in [1.165, 1.54) is 6.07 Å². The van der Waals surface area contributed by atoms with E-state index in [1.807, 2.05) is 0 Å². The molecule has 1 amide bonds. The molecule has 4 heteroatoms. The highest BCUT2D eigenvalue weighted by Crippen LogP contribution is 2.18. The van der Waals surface area contributed by atoms with E-state index in [1.54, 1.807) is 24.0 Å². The molecule has 1 aliphatic heterocycles. The Morgan fingerprint density at radius 3 is 2.94 bits per heavy atom. The van der Waals surface area contributed by atoms with Gasteiger partial charge in [-0.25, -0.2) is 4.39 Å². The molecule has 0 spiro atoms. The Labute approximate surface area is 105 Å². The number of aryl methyl sites for hydroxylation is 1. The Kier molecular flexibility index (Phi) is 3.67. The summed E-state index contributed by atoms with van der Waals surface area (Å²) in [4.78, 5) is 13.8. The van der Waals surface area contributed by atoms with Gasteiger partial charge in [-0.1, -0.05) is 6.07 Å². The fourth-order valence-electron chi connectivity index (χ4n) is 2.02. The first-order chi connectivity index (χ1) is 8.08. The Morgan fingerprint density at radius 2 is 2.29 bits per heavy atom. The number of benzene rings is 1. The Bertz CT molecular complexity index is 435. The second-order valence-electron chi connectivity index (χ2n) is 4.45. The smallest absolute Gasteiger partial charge is 0.254 e. The topological polar surface area (TPSA) is 20.3 Å². The quantitative estimate of drug-likeness (QED) is 0.707. The average Bonchev–Trinajstić information content (AvgIpc) is 2.32. The molecule has 2 rings (SSSR count).